The Bertz CT molecular complexity index is 1030. The molecular weight excluding hydrogens is 357 g/mol. The molecule has 144 valence electrons. The minimum atomic E-state index is -0.895. The van der Waals surface area contributed by atoms with Crippen LogP contribution in [0.2, 0.25) is 0 Å². The molecule has 0 aliphatic rings. The zero-order chi connectivity index (χ0) is 19.9. The summed E-state index contributed by atoms with van der Waals surface area (Å²) in [6, 6.07) is 12.6. The molecule has 28 heavy (non-hydrogen) atoms. The van der Waals surface area contributed by atoms with E-state index >= 15 is 0 Å². The van der Waals surface area contributed by atoms with Crippen molar-refractivity contribution in [2.45, 2.75) is 45.4 Å². The van der Waals surface area contributed by atoms with Crippen molar-refractivity contribution in [2.24, 2.45) is 0 Å². The quantitative estimate of drug-likeness (QED) is 0.314. The van der Waals surface area contributed by atoms with Gasteiger partial charge >= 0.3 is 0 Å². The minimum absolute atomic E-state index is 0.326. The first-order chi connectivity index (χ1) is 13.6. The Labute approximate surface area is 164 Å². The minimum Gasteiger partial charge on any atom is -0.206 e. The first-order valence-electron chi connectivity index (χ1n) is 9.76. The van der Waals surface area contributed by atoms with Gasteiger partial charge in [-0.1, -0.05) is 56.6 Å². The zero-order valence-corrected chi connectivity index (χ0v) is 16.0. The largest absolute Gasteiger partial charge is 0.206 e. The van der Waals surface area contributed by atoms with Gasteiger partial charge in [-0.3, -0.25) is 0 Å². The lowest BCUT2D eigenvalue weighted by molar-refractivity contribution is 0.511. The van der Waals surface area contributed by atoms with Crippen LogP contribution in [0.15, 0.2) is 48.5 Å². The number of unbranched alkanes of at least 4 members (excludes halogenated alkanes) is 4. The maximum Gasteiger partial charge on any atom is 0.159 e. The van der Waals surface area contributed by atoms with Crippen LogP contribution >= 0.6 is 0 Å². The number of aryl methyl sites for hydroxylation is 1. The third-order valence-corrected chi connectivity index (χ3v) is 4.82. The average Bonchev–Trinajstić information content (AvgIpc) is 2.68. The number of hydrogen-bond acceptors (Lipinski definition) is 0. The average molecular weight is 380 g/mol. The van der Waals surface area contributed by atoms with Gasteiger partial charge in [0.1, 0.15) is 5.82 Å². The summed E-state index contributed by atoms with van der Waals surface area (Å²) in [7, 11) is 0. The lowest BCUT2D eigenvalue weighted by Gasteiger charge is -2.03. The van der Waals surface area contributed by atoms with E-state index in [0.29, 0.717) is 21.9 Å². The monoisotopic (exact) mass is 380 g/mol. The first kappa shape index (κ1) is 20.0. The first-order valence-corrected chi connectivity index (χ1v) is 9.76. The molecule has 0 fully saturated rings. The van der Waals surface area contributed by atoms with Crippen molar-refractivity contribution < 1.29 is 13.2 Å². The molecule has 0 aromatic heterocycles. The summed E-state index contributed by atoms with van der Waals surface area (Å²) in [5.41, 5.74) is 1.95. The second-order valence-electron chi connectivity index (χ2n) is 7.06. The second kappa shape index (κ2) is 9.46. The molecule has 0 radical (unpaired) electrons. The fraction of sp³-hybridized carbons (Fsp3) is 0.280. The third-order valence-electron chi connectivity index (χ3n) is 4.82. The smallest absolute Gasteiger partial charge is 0.159 e. The third kappa shape index (κ3) is 5.16. The van der Waals surface area contributed by atoms with Gasteiger partial charge in [0.2, 0.25) is 0 Å². The van der Waals surface area contributed by atoms with E-state index < -0.39 is 11.6 Å². The van der Waals surface area contributed by atoms with Gasteiger partial charge in [-0.25, -0.2) is 13.2 Å². The number of hydrogen-bond donors (Lipinski definition) is 0. The number of fused-ring (bicyclic) bond motifs is 1. The number of halogens is 3. The normalized spacial score (nSPS) is 10.7. The molecule has 0 aliphatic heterocycles. The van der Waals surface area contributed by atoms with Crippen LogP contribution in [0.4, 0.5) is 13.2 Å². The highest BCUT2D eigenvalue weighted by molar-refractivity contribution is 5.84. The molecule has 0 unspecified atom stereocenters. The molecule has 3 aromatic rings. The molecular formula is C25H23F3. The van der Waals surface area contributed by atoms with Gasteiger partial charge in [0, 0.05) is 5.56 Å². The van der Waals surface area contributed by atoms with Gasteiger partial charge < -0.3 is 0 Å². The Morgan fingerprint density at radius 3 is 2.18 bits per heavy atom. The van der Waals surface area contributed by atoms with Gasteiger partial charge in [-0.05, 0) is 65.6 Å². The topological polar surface area (TPSA) is 0 Å². The molecule has 3 aromatic carbocycles. The predicted octanol–water partition coefficient (Wildman–Crippen LogP) is 7.17. The second-order valence-corrected chi connectivity index (χ2v) is 7.06. The number of rotatable bonds is 6. The van der Waals surface area contributed by atoms with Gasteiger partial charge in [-0.2, -0.15) is 0 Å². The fourth-order valence-corrected chi connectivity index (χ4v) is 3.21. The molecule has 0 amide bonds. The van der Waals surface area contributed by atoms with Crippen LogP contribution in [0.1, 0.15) is 55.7 Å². The molecule has 0 nitrogen and oxygen atoms in total. The van der Waals surface area contributed by atoms with Crippen LogP contribution in [0.5, 0.6) is 0 Å². The Hall–Kier alpha value is -2.73. The van der Waals surface area contributed by atoms with Crippen LogP contribution in [-0.2, 0) is 6.42 Å². The van der Waals surface area contributed by atoms with Gasteiger partial charge in [0.05, 0.1) is 5.56 Å². The summed E-state index contributed by atoms with van der Waals surface area (Å²) >= 11 is 0. The molecule has 0 saturated carbocycles. The van der Waals surface area contributed by atoms with Crippen LogP contribution in [0.3, 0.4) is 0 Å². The summed E-state index contributed by atoms with van der Waals surface area (Å²) in [4.78, 5) is 0. The molecule has 0 aliphatic carbocycles. The summed E-state index contributed by atoms with van der Waals surface area (Å²) in [6.07, 6.45) is 6.80. The predicted molar refractivity (Wildman–Crippen MR) is 109 cm³/mol. The van der Waals surface area contributed by atoms with Crippen molar-refractivity contribution in [1.82, 2.24) is 0 Å². The van der Waals surface area contributed by atoms with Crippen LogP contribution in [0, 0.1) is 29.3 Å². The van der Waals surface area contributed by atoms with Crippen molar-refractivity contribution in [3.63, 3.8) is 0 Å². The van der Waals surface area contributed by atoms with E-state index in [-0.39, 0.29) is 5.82 Å². The van der Waals surface area contributed by atoms with Crippen molar-refractivity contribution in [1.29, 1.82) is 0 Å². The SMILES string of the molecule is CCCCCCCc1ccc(C#Cc2ccc3cc(F)c(F)cc3c2)c(F)c1. The van der Waals surface area contributed by atoms with Gasteiger partial charge in [-0.15, -0.1) is 0 Å². The van der Waals surface area contributed by atoms with E-state index in [1.165, 1.54) is 25.7 Å². The zero-order valence-electron chi connectivity index (χ0n) is 16.0. The van der Waals surface area contributed by atoms with Gasteiger partial charge in [0.15, 0.2) is 11.6 Å². The van der Waals surface area contributed by atoms with Crippen molar-refractivity contribution in [3.8, 4) is 11.8 Å². The van der Waals surface area contributed by atoms with Crippen molar-refractivity contribution in [2.75, 3.05) is 0 Å². The Balaban J connectivity index is 1.71. The Morgan fingerprint density at radius 1 is 0.679 bits per heavy atom. The van der Waals surface area contributed by atoms with E-state index in [0.717, 1.165) is 30.5 Å². The highest BCUT2D eigenvalue weighted by atomic mass is 19.2. The lowest BCUT2D eigenvalue weighted by atomic mass is 10.0. The molecule has 0 N–H and O–H groups in total. The fourth-order valence-electron chi connectivity index (χ4n) is 3.21. The molecule has 0 atom stereocenters. The van der Waals surface area contributed by atoms with E-state index in [4.69, 9.17) is 0 Å². The van der Waals surface area contributed by atoms with Crippen LogP contribution < -0.4 is 0 Å². The summed E-state index contributed by atoms with van der Waals surface area (Å²) in [5.74, 6) is 3.65. The van der Waals surface area contributed by atoms with Crippen molar-refractivity contribution in [3.05, 3.63) is 82.7 Å². The van der Waals surface area contributed by atoms with Crippen molar-refractivity contribution >= 4 is 10.8 Å². The van der Waals surface area contributed by atoms with Crippen LogP contribution in [0.25, 0.3) is 10.8 Å². The highest BCUT2D eigenvalue weighted by Crippen LogP contribution is 2.20. The Morgan fingerprint density at radius 2 is 1.43 bits per heavy atom. The maximum atomic E-state index is 14.3. The highest BCUT2D eigenvalue weighted by Gasteiger charge is 2.05. The number of benzene rings is 3. The summed E-state index contributed by atoms with van der Waals surface area (Å²) in [6.45, 7) is 2.19. The van der Waals surface area contributed by atoms with E-state index in [2.05, 4.69) is 18.8 Å². The lowest BCUT2D eigenvalue weighted by Crippen LogP contribution is -1.91. The molecule has 0 heterocycles. The Kier molecular flexibility index (Phi) is 6.76. The van der Waals surface area contributed by atoms with Crippen LogP contribution in [-0.4, -0.2) is 0 Å². The van der Waals surface area contributed by atoms with E-state index in [1.807, 2.05) is 6.07 Å². The molecule has 0 saturated heterocycles. The molecule has 3 rings (SSSR count). The molecule has 3 heteroatoms. The standard InChI is InChI=1S/C25H23F3/c1-2-3-4-5-6-7-18-8-11-20(23(26)15-18)12-9-19-10-13-21-16-24(27)25(28)17-22(21)14-19/h8,10-11,13-17H,2-7H2,1H3. The van der Waals surface area contributed by atoms with E-state index in [1.54, 1.807) is 30.3 Å². The summed E-state index contributed by atoms with van der Waals surface area (Å²) in [5, 5.41) is 1.16. The molecule has 0 bridgehead atoms. The maximum absolute atomic E-state index is 14.3. The molecule has 0 spiro atoms. The van der Waals surface area contributed by atoms with E-state index in [9.17, 15) is 13.2 Å². The summed E-state index contributed by atoms with van der Waals surface area (Å²) < 4.78 is 41.0. The van der Waals surface area contributed by atoms with Gasteiger partial charge in [0.25, 0.3) is 0 Å².